The summed E-state index contributed by atoms with van der Waals surface area (Å²) in [4.78, 5) is 29.3. The normalized spacial score (nSPS) is 10.7. The Bertz CT molecular complexity index is 1010. The fourth-order valence-corrected chi connectivity index (χ4v) is 3.40. The number of hydrogen-bond acceptors (Lipinski definition) is 5. The number of aryl methyl sites for hydroxylation is 2. The van der Waals surface area contributed by atoms with Crippen molar-refractivity contribution >= 4 is 17.2 Å². The molecule has 0 aliphatic carbocycles. The molecular formula is C18H17FN4O2S. The Balaban J connectivity index is 1.71. The van der Waals surface area contributed by atoms with E-state index in [4.69, 9.17) is 0 Å². The van der Waals surface area contributed by atoms with Crippen molar-refractivity contribution < 1.29 is 9.18 Å². The average Bonchev–Trinajstić information content (AvgIpc) is 2.95. The molecule has 2 aromatic heterocycles. The molecule has 0 aliphatic heterocycles. The molecule has 134 valence electrons. The van der Waals surface area contributed by atoms with Gasteiger partial charge in [-0.2, -0.15) is 5.10 Å². The number of carbonyl (C=O) groups is 1. The number of rotatable bonds is 5. The molecule has 0 saturated carbocycles. The molecular weight excluding hydrogens is 355 g/mol. The lowest BCUT2D eigenvalue weighted by atomic mass is 10.2. The number of nitrogens with zero attached hydrogens (tertiary/aromatic N) is 3. The number of halogens is 1. The standard InChI is InChI=1S/C18H17FN4O2S/c1-11-17(26-12(2)21-11)15-7-8-16(24)23(22-15)10-9-20-18(25)13-5-3-4-6-14(13)19/h3-8H,9-10H2,1-2H3,(H,20,25). The van der Waals surface area contributed by atoms with Crippen LogP contribution in [0.4, 0.5) is 4.39 Å². The Morgan fingerprint density at radius 2 is 2.00 bits per heavy atom. The maximum absolute atomic E-state index is 13.6. The quantitative estimate of drug-likeness (QED) is 0.747. The number of nitrogens with one attached hydrogen (secondary N) is 1. The van der Waals surface area contributed by atoms with E-state index in [9.17, 15) is 14.0 Å². The molecule has 0 atom stereocenters. The predicted octanol–water partition coefficient (Wildman–Crippen LogP) is 2.55. The Morgan fingerprint density at radius 1 is 1.23 bits per heavy atom. The molecule has 0 spiro atoms. The van der Waals surface area contributed by atoms with Gasteiger partial charge in [0.1, 0.15) is 11.5 Å². The summed E-state index contributed by atoms with van der Waals surface area (Å²) in [6.07, 6.45) is 0. The van der Waals surface area contributed by atoms with Gasteiger partial charge in [-0.05, 0) is 32.0 Å². The molecule has 0 fully saturated rings. The molecule has 26 heavy (non-hydrogen) atoms. The molecule has 8 heteroatoms. The number of carbonyl (C=O) groups excluding carboxylic acids is 1. The van der Waals surface area contributed by atoms with Gasteiger partial charge >= 0.3 is 0 Å². The minimum atomic E-state index is -0.585. The van der Waals surface area contributed by atoms with Gasteiger partial charge < -0.3 is 5.32 Å². The van der Waals surface area contributed by atoms with Crippen LogP contribution in [0.15, 0.2) is 41.2 Å². The summed E-state index contributed by atoms with van der Waals surface area (Å²) in [5, 5.41) is 7.88. The number of benzene rings is 1. The molecule has 1 aromatic carbocycles. The molecule has 3 aromatic rings. The maximum Gasteiger partial charge on any atom is 0.266 e. The van der Waals surface area contributed by atoms with Crippen LogP contribution in [0.3, 0.4) is 0 Å². The van der Waals surface area contributed by atoms with E-state index in [1.165, 1.54) is 40.3 Å². The van der Waals surface area contributed by atoms with Crippen molar-refractivity contribution in [2.24, 2.45) is 0 Å². The Hall–Kier alpha value is -2.87. The highest BCUT2D eigenvalue weighted by Gasteiger charge is 2.12. The summed E-state index contributed by atoms with van der Waals surface area (Å²) in [5.41, 5.74) is 1.22. The summed E-state index contributed by atoms with van der Waals surface area (Å²) in [6.45, 7) is 4.15. The van der Waals surface area contributed by atoms with E-state index in [-0.39, 0.29) is 24.2 Å². The molecule has 6 nitrogen and oxygen atoms in total. The van der Waals surface area contributed by atoms with Crippen molar-refractivity contribution in [1.29, 1.82) is 0 Å². The first-order chi connectivity index (χ1) is 12.5. The number of amides is 1. The van der Waals surface area contributed by atoms with Crippen molar-refractivity contribution in [3.8, 4) is 10.6 Å². The van der Waals surface area contributed by atoms with Gasteiger partial charge in [-0.15, -0.1) is 11.3 Å². The third-order valence-electron chi connectivity index (χ3n) is 3.73. The van der Waals surface area contributed by atoms with E-state index in [1.54, 1.807) is 12.1 Å². The third kappa shape index (κ3) is 3.85. The highest BCUT2D eigenvalue weighted by atomic mass is 32.1. The minimum absolute atomic E-state index is 0.0303. The molecule has 1 amide bonds. The van der Waals surface area contributed by atoms with Crippen molar-refractivity contribution in [1.82, 2.24) is 20.1 Å². The maximum atomic E-state index is 13.6. The predicted molar refractivity (Wildman–Crippen MR) is 97.8 cm³/mol. The van der Waals surface area contributed by atoms with Gasteiger partial charge in [0, 0.05) is 12.6 Å². The first-order valence-corrected chi connectivity index (χ1v) is 8.82. The summed E-state index contributed by atoms with van der Waals surface area (Å²) in [7, 11) is 0. The molecule has 0 saturated heterocycles. The second-order valence-corrected chi connectivity index (χ2v) is 6.87. The lowest BCUT2D eigenvalue weighted by Gasteiger charge is -2.08. The lowest BCUT2D eigenvalue weighted by Crippen LogP contribution is -2.32. The zero-order valence-corrected chi connectivity index (χ0v) is 15.1. The topological polar surface area (TPSA) is 76.9 Å². The summed E-state index contributed by atoms with van der Waals surface area (Å²) in [5.74, 6) is -1.11. The molecule has 3 rings (SSSR count). The van der Waals surface area contributed by atoms with Crippen molar-refractivity contribution in [3.63, 3.8) is 0 Å². The van der Waals surface area contributed by atoms with Crippen LogP contribution in [0.2, 0.25) is 0 Å². The van der Waals surface area contributed by atoms with Crippen molar-refractivity contribution in [2.75, 3.05) is 6.54 Å². The molecule has 2 heterocycles. The molecule has 0 unspecified atom stereocenters. The van der Waals surface area contributed by atoms with Gasteiger partial charge in [0.2, 0.25) is 0 Å². The highest BCUT2D eigenvalue weighted by molar-refractivity contribution is 7.15. The van der Waals surface area contributed by atoms with Gasteiger partial charge in [-0.3, -0.25) is 9.59 Å². The second-order valence-electron chi connectivity index (χ2n) is 5.66. The van der Waals surface area contributed by atoms with Gasteiger partial charge in [0.25, 0.3) is 11.5 Å². The van der Waals surface area contributed by atoms with Crippen LogP contribution in [0.1, 0.15) is 21.1 Å². The van der Waals surface area contributed by atoms with E-state index < -0.39 is 11.7 Å². The summed E-state index contributed by atoms with van der Waals surface area (Å²) in [6, 6.07) is 8.85. The minimum Gasteiger partial charge on any atom is -0.350 e. The smallest absolute Gasteiger partial charge is 0.266 e. The van der Waals surface area contributed by atoms with E-state index in [1.807, 2.05) is 13.8 Å². The largest absolute Gasteiger partial charge is 0.350 e. The van der Waals surface area contributed by atoms with Gasteiger partial charge in [-0.1, -0.05) is 12.1 Å². The fourth-order valence-electron chi connectivity index (χ4n) is 2.52. The average molecular weight is 372 g/mol. The second kappa shape index (κ2) is 7.57. The van der Waals surface area contributed by atoms with Gasteiger partial charge in [-0.25, -0.2) is 14.1 Å². The molecule has 0 aliphatic rings. The summed E-state index contributed by atoms with van der Waals surface area (Å²) < 4.78 is 14.9. The van der Waals surface area contributed by atoms with Crippen LogP contribution in [0.5, 0.6) is 0 Å². The first kappa shape index (κ1) is 17.9. The van der Waals surface area contributed by atoms with E-state index >= 15 is 0 Å². The summed E-state index contributed by atoms with van der Waals surface area (Å²) >= 11 is 1.51. The van der Waals surface area contributed by atoms with E-state index in [0.717, 1.165) is 15.6 Å². The van der Waals surface area contributed by atoms with Crippen LogP contribution >= 0.6 is 11.3 Å². The Labute approximate surface area is 153 Å². The van der Waals surface area contributed by atoms with Crippen LogP contribution < -0.4 is 10.9 Å². The fraction of sp³-hybridized carbons (Fsp3) is 0.222. The van der Waals surface area contributed by atoms with Crippen LogP contribution in [-0.4, -0.2) is 27.2 Å². The Morgan fingerprint density at radius 3 is 2.69 bits per heavy atom. The van der Waals surface area contributed by atoms with E-state index in [0.29, 0.717) is 5.69 Å². The number of hydrogen-bond donors (Lipinski definition) is 1. The number of aromatic nitrogens is 3. The van der Waals surface area contributed by atoms with E-state index in [2.05, 4.69) is 15.4 Å². The zero-order chi connectivity index (χ0) is 18.7. The van der Waals surface area contributed by atoms with Crippen molar-refractivity contribution in [3.05, 3.63) is 68.8 Å². The highest BCUT2D eigenvalue weighted by Crippen LogP contribution is 2.27. The van der Waals surface area contributed by atoms with Crippen LogP contribution in [0.25, 0.3) is 10.6 Å². The monoisotopic (exact) mass is 372 g/mol. The SMILES string of the molecule is Cc1nc(C)c(-c2ccc(=O)n(CCNC(=O)c3ccccc3F)n2)s1. The molecule has 0 bridgehead atoms. The zero-order valence-electron chi connectivity index (χ0n) is 14.3. The number of thiazole rings is 1. The first-order valence-electron chi connectivity index (χ1n) is 8.01. The van der Waals surface area contributed by atoms with Crippen LogP contribution in [-0.2, 0) is 6.54 Å². The van der Waals surface area contributed by atoms with Gasteiger partial charge in [0.05, 0.1) is 27.7 Å². The molecule has 0 radical (unpaired) electrons. The van der Waals surface area contributed by atoms with Gasteiger partial charge in [0.15, 0.2) is 0 Å². The molecule has 1 N–H and O–H groups in total. The lowest BCUT2D eigenvalue weighted by molar-refractivity contribution is 0.0947. The van der Waals surface area contributed by atoms with Crippen molar-refractivity contribution in [2.45, 2.75) is 20.4 Å². The Kier molecular flexibility index (Phi) is 5.22. The third-order valence-corrected chi connectivity index (χ3v) is 4.83. The van der Waals surface area contributed by atoms with Crippen LogP contribution in [0, 0.1) is 19.7 Å².